The van der Waals surface area contributed by atoms with Gasteiger partial charge >= 0.3 is 0 Å². The Hall–Kier alpha value is -2.07. The molecule has 7 nitrogen and oxygen atoms in total. The standard InChI is InChI=1S/C22H25N5O2S2/c1-25-20(14-26-10-12-29-13-11-26)23-24-22(25)30-15-21(28)27-16-6-2-4-8-18(16)31-19-9-5-3-7-17(19)27/h2-9,16,18H,10-15H2,1H3/t16-,18-/m0/s1. The van der Waals surface area contributed by atoms with Crippen molar-refractivity contribution in [3.63, 3.8) is 0 Å². The number of para-hydroxylation sites is 1. The van der Waals surface area contributed by atoms with E-state index in [0.29, 0.717) is 5.75 Å². The molecule has 2 aliphatic heterocycles. The Balaban J connectivity index is 1.29. The van der Waals surface area contributed by atoms with Crippen LogP contribution in [0.2, 0.25) is 0 Å². The summed E-state index contributed by atoms with van der Waals surface area (Å²) in [6, 6.07) is 8.19. The van der Waals surface area contributed by atoms with E-state index in [1.54, 1.807) is 0 Å². The van der Waals surface area contributed by atoms with Crippen molar-refractivity contribution in [2.75, 3.05) is 37.0 Å². The molecule has 1 fully saturated rings. The van der Waals surface area contributed by atoms with Crippen LogP contribution in [0.15, 0.2) is 58.6 Å². The minimum absolute atomic E-state index is 0.0365. The maximum absolute atomic E-state index is 13.4. The molecule has 1 aromatic heterocycles. The van der Waals surface area contributed by atoms with Crippen molar-refractivity contribution in [2.24, 2.45) is 7.05 Å². The average Bonchev–Trinajstić information content (AvgIpc) is 3.15. The number of carbonyl (C=O) groups excluding carboxylic acids is 1. The van der Waals surface area contributed by atoms with Crippen LogP contribution in [0, 0.1) is 0 Å². The third kappa shape index (κ3) is 4.32. The summed E-state index contributed by atoms with van der Waals surface area (Å²) < 4.78 is 7.42. The van der Waals surface area contributed by atoms with Crippen molar-refractivity contribution in [2.45, 2.75) is 27.9 Å². The van der Waals surface area contributed by atoms with E-state index in [1.165, 1.54) is 11.8 Å². The van der Waals surface area contributed by atoms with E-state index in [2.05, 4.69) is 39.4 Å². The highest BCUT2D eigenvalue weighted by Gasteiger charge is 2.36. The largest absolute Gasteiger partial charge is 0.379 e. The second-order valence-corrected chi connectivity index (χ2v) is 9.87. The summed E-state index contributed by atoms with van der Waals surface area (Å²) in [5, 5.41) is 9.71. The predicted molar refractivity (Wildman–Crippen MR) is 123 cm³/mol. The van der Waals surface area contributed by atoms with Gasteiger partial charge in [-0.2, -0.15) is 0 Å². The molecule has 0 bridgehead atoms. The summed E-state index contributed by atoms with van der Waals surface area (Å²) in [5.74, 6) is 1.32. The van der Waals surface area contributed by atoms with Crippen molar-refractivity contribution in [3.05, 3.63) is 54.4 Å². The first kappa shape index (κ1) is 20.8. The van der Waals surface area contributed by atoms with Crippen molar-refractivity contribution in [3.8, 4) is 0 Å². The first-order valence-corrected chi connectivity index (χ1v) is 12.3. The molecule has 1 aromatic carbocycles. The number of carbonyl (C=O) groups is 1. The van der Waals surface area contributed by atoms with Crippen LogP contribution < -0.4 is 4.90 Å². The number of anilines is 1. The predicted octanol–water partition coefficient (Wildman–Crippen LogP) is 2.74. The summed E-state index contributed by atoms with van der Waals surface area (Å²) in [6.45, 7) is 4.08. The second-order valence-electron chi connectivity index (χ2n) is 7.71. The topological polar surface area (TPSA) is 63.5 Å². The molecular weight excluding hydrogens is 430 g/mol. The molecule has 9 heteroatoms. The Labute approximate surface area is 190 Å². The van der Waals surface area contributed by atoms with E-state index in [-0.39, 0.29) is 17.2 Å². The zero-order valence-corrected chi connectivity index (χ0v) is 19.0. The fourth-order valence-corrected chi connectivity index (χ4v) is 6.09. The minimum Gasteiger partial charge on any atom is -0.379 e. The molecule has 1 amide bonds. The van der Waals surface area contributed by atoms with Crippen LogP contribution in [0.5, 0.6) is 0 Å². The molecule has 162 valence electrons. The number of ether oxygens (including phenoxy) is 1. The number of fused-ring (bicyclic) bond motifs is 2. The van der Waals surface area contributed by atoms with E-state index in [9.17, 15) is 4.79 Å². The molecule has 3 heterocycles. The van der Waals surface area contributed by atoms with Gasteiger partial charge in [-0.25, -0.2) is 0 Å². The molecule has 1 aliphatic carbocycles. The monoisotopic (exact) mass is 455 g/mol. The lowest BCUT2D eigenvalue weighted by molar-refractivity contribution is -0.116. The van der Waals surface area contributed by atoms with E-state index in [1.807, 2.05) is 52.6 Å². The quantitative estimate of drug-likeness (QED) is 0.643. The Kier molecular flexibility index (Phi) is 6.17. The van der Waals surface area contributed by atoms with Gasteiger partial charge in [0.15, 0.2) is 5.16 Å². The Morgan fingerprint density at radius 3 is 2.87 bits per heavy atom. The van der Waals surface area contributed by atoms with Crippen molar-refractivity contribution >= 4 is 35.1 Å². The zero-order valence-electron chi connectivity index (χ0n) is 17.4. The fraction of sp³-hybridized carbons (Fsp3) is 0.409. The maximum Gasteiger partial charge on any atom is 0.238 e. The van der Waals surface area contributed by atoms with Crippen LogP contribution in [0.25, 0.3) is 0 Å². The number of allylic oxidation sites excluding steroid dienone is 2. The number of hydrogen-bond acceptors (Lipinski definition) is 7. The van der Waals surface area contributed by atoms with E-state index >= 15 is 0 Å². The normalized spacial score (nSPS) is 22.9. The highest BCUT2D eigenvalue weighted by atomic mass is 32.2. The van der Waals surface area contributed by atoms with Crippen molar-refractivity contribution in [1.29, 1.82) is 0 Å². The van der Waals surface area contributed by atoms with Crippen LogP contribution >= 0.6 is 23.5 Å². The van der Waals surface area contributed by atoms with Gasteiger partial charge in [0, 0.05) is 25.0 Å². The molecule has 0 spiro atoms. The van der Waals surface area contributed by atoms with E-state index in [0.717, 1.165) is 54.4 Å². The van der Waals surface area contributed by atoms with Crippen LogP contribution in [-0.4, -0.2) is 68.9 Å². The molecule has 2 aromatic rings. The number of morpholine rings is 1. The highest BCUT2D eigenvalue weighted by molar-refractivity contribution is 8.00. The van der Waals surface area contributed by atoms with Gasteiger partial charge in [-0.1, -0.05) is 48.2 Å². The fourth-order valence-electron chi connectivity index (χ4n) is 4.04. The van der Waals surface area contributed by atoms with Gasteiger partial charge in [0.1, 0.15) is 5.82 Å². The third-order valence-electron chi connectivity index (χ3n) is 5.73. The zero-order chi connectivity index (χ0) is 21.2. The third-order valence-corrected chi connectivity index (χ3v) is 8.04. The lowest BCUT2D eigenvalue weighted by Gasteiger charge is -2.40. The number of rotatable bonds is 5. The number of hydrogen-bond donors (Lipinski definition) is 0. The Morgan fingerprint density at radius 2 is 2.00 bits per heavy atom. The average molecular weight is 456 g/mol. The van der Waals surface area contributed by atoms with Crippen LogP contribution in [-0.2, 0) is 23.1 Å². The smallest absolute Gasteiger partial charge is 0.238 e. The van der Waals surface area contributed by atoms with Crippen LogP contribution in [0.4, 0.5) is 5.69 Å². The van der Waals surface area contributed by atoms with Crippen molar-refractivity contribution < 1.29 is 9.53 Å². The number of thioether (sulfide) groups is 2. The molecule has 0 N–H and O–H groups in total. The Bertz CT molecular complexity index is 1020. The molecule has 2 atom stereocenters. The minimum atomic E-state index is 0.0365. The molecule has 0 radical (unpaired) electrons. The second kappa shape index (κ2) is 9.20. The first-order chi connectivity index (χ1) is 15.2. The number of aromatic nitrogens is 3. The SMILES string of the molecule is Cn1c(CN2CCOCC2)nnc1SCC(=O)N1c2ccccc2S[C@H]2C=CC=C[C@@H]21. The summed E-state index contributed by atoms with van der Waals surface area (Å²) >= 11 is 3.27. The van der Waals surface area contributed by atoms with E-state index < -0.39 is 0 Å². The van der Waals surface area contributed by atoms with Gasteiger partial charge in [-0.3, -0.25) is 9.69 Å². The Morgan fingerprint density at radius 1 is 1.19 bits per heavy atom. The lowest BCUT2D eigenvalue weighted by atomic mass is 10.0. The van der Waals surface area contributed by atoms with Crippen LogP contribution in [0.1, 0.15) is 5.82 Å². The molecule has 0 unspecified atom stereocenters. The van der Waals surface area contributed by atoms with Gasteiger partial charge < -0.3 is 14.2 Å². The molecule has 0 saturated carbocycles. The van der Waals surface area contributed by atoms with Crippen molar-refractivity contribution in [1.82, 2.24) is 19.7 Å². The lowest BCUT2D eigenvalue weighted by Crippen LogP contribution is -2.48. The summed E-state index contributed by atoms with van der Waals surface area (Å²) in [4.78, 5) is 18.8. The van der Waals surface area contributed by atoms with E-state index in [4.69, 9.17) is 4.74 Å². The van der Waals surface area contributed by atoms with Gasteiger partial charge in [0.25, 0.3) is 0 Å². The van der Waals surface area contributed by atoms with Gasteiger partial charge in [-0.05, 0) is 12.1 Å². The molecule has 1 saturated heterocycles. The summed E-state index contributed by atoms with van der Waals surface area (Å²) in [7, 11) is 1.97. The summed E-state index contributed by atoms with van der Waals surface area (Å²) in [6.07, 6.45) is 8.40. The number of amides is 1. The number of nitrogens with zero attached hydrogens (tertiary/aromatic N) is 5. The van der Waals surface area contributed by atoms with Gasteiger partial charge in [0.05, 0.1) is 42.5 Å². The molecule has 5 rings (SSSR count). The maximum atomic E-state index is 13.4. The molecule has 31 heavy (non-hydrogen) atoms. The summed E-state index contributed by atoms with van der Waals surface area (Å²) in [5.41, 5.74) is 0.991. The first-order valence-electron chi connectivity index (χ1n) is 10.4. The van der Waals surface area contributed by atoms with Crippen LogP contribution in [0.3, 0.4) is 0 Å². The highest BCUT2D eigenvalue weighted by Crippen LogP contribution is 2.43. The van der Waals surface area contributed by atoms with Gasteiger partial charge in [0.2, 0.25) is 5.91 Å². The molecule has 3 aliphatic rings. The van der Waals surface area contributed by atoms with Gasteiger partial charge in [-0.15, -0.1) is 22.0 Å². The number of benzene rings is 1. The molecular formula is C22H25N5O2S2.